The standard InChI is InChI=1S/C26H34N2O6S.C9H16O.C6H6O/c1-18-7-4-5-9-21(18)23-15-19(16-28-13-6-8-20(28)17-34-2)10-11-22(23)25(29)27-24(26(30)31)12-14-35(3,32)33;1-5-7-9(4)10-8(3)6-2;7-6-4-2-1-3-5-6/h4-5,7,9-11,15,20,24H,6,8,12-14,16-17H2,1-3H3,(H,27,29)(H,30,31);5,7-8H,1,6H2,2-4H3;1-5,7H/b;9-7+;/t20-,24?;;/m0../s1. The number of amides is 1. The second kappa shape index (κ2) is 22.5. The van der Waals surface area contributed by atoms with E-state index in [9.17, 15) is 23.1 Å². The average Bonchev–Trinajstić information content (AvgIpc) is 3.53. The fourth-order valence-corrected chi connectivity index (χ4v) is 6.23. The molecule has 52 heavy (non-hydrogen) atoms. The number of allylic oxidation sites excluding steroid dienone is 3. The topological polar surface area (TPSA) is 142 Å². The van der Waals surface area contributed by atoms with E-state index < -0.39 is 27.8 Å². The molecule has 4 rings (SSSR count). The van der Waals surface area contributed by atoms with E-state index >= 15 is 0 Å². The van der Waals surface area contributed by atoms with Gasteiger partial charge in [-0.25, -0.2) is 13.2 Å². The van der Waals surface area contributed by atoms with Crippen molar-refractivity contribution in [3.05, 3.63) is 114 Å². The van der Waals surface area contributed by atoms with Gasteiger partial charge in [-0.15, -0.1) is 0 Å². The highest BCUT2D eigenvalue weighted by Crippen LogP contribution is 2.30. The van der Waals surface area contributed by atoms with Gasteiger partial charge in [-0.05, 0) is 106 Å². The highest BCUT2D eigenvalue weighted by Gasteiger charge is 2.26. The second-order valence-corrected chi connectivity index (χ2v) is 15.1. The van der Waals surface area contributed by atoms with Crippen LogP contribution in [-0.4, -0.2) is 85.9 Å². The monoisotopic (exact) mass is 736 g/mol. The molecule has 1 amide bonds. The van der Waals surface area contributed by atoms with Crippen LogP contribution >= 0.6 is 0 Å². The molecule has 0 radical (unpaired) electrons. The summed E-state index contributed by atoms with van der Waals surface area (Å²) < 4.78 is 33.8. The van der Waals surface area contributed by atoms with Crippen molar-refractivity contribution in [2.24, 2.45) is 0 Å². The predicted molar refractivity (Wildman–Crippen MR) is 208 cm³/mol. The van der Waals surface area contributed by atoms with Crippen LogP contribution in [0.2, 0.25) is 0 Å². The van der Waals surface area contributed by atoms with Crippen LogP contribution in [0.4, 0.5) is 0 Å². The summed E-state index contributed by atoms with van der Waals surface area (Å²) in [5, 5.41) is 20.7. The van der Waals surface area contributed by atoms with Crippen molar-refractivity contribution in [1.29, 1.82) is 0 Å². The normalized spacial score (nSPS) is 15.6. The van der Waals surface area contributed by atoms with Crippen molar-refractivity contribution in [2.75, 3.05) is 32.3 Å². The molecule has 11 heteroatoms. The number of phenols is 1. The molecule has 284 valence electrons. The van der Waals surface area contributed by atoms with E-state index in [0.717, 1.165) is 61.1 Å². The summed E-state index contributed by atoms with van der Waals surface area (Å²) in [5.74, 6) is -0.887. The fraction of sp³-hybridized carbons (Fsp3) is 0.415. The van der Waals surface area contributed by atoms with Gasteiger partial charge in [-0.3, -0.25) is 9.69 Å². The number of para-hydroxylation sites is 1. The molecule has 2 unspecified atom stereocenters. The molecule has 1 heterocycles. The Morgan fingerprint density at radius 3 is 2.31 bits per heavy atom. The van der Waals surface area contributed by atoms with Crippen LogP contribution in [0.5, 0.6) is 5.75 Å². The first-order chi connectivity index (χ1) is 24.7. The zero-order valence-electron chi connectivity index (χ0n) is 31.4. The van der Waals surface area contributed by atoms with Gasteiger partial charge in [0.2, 0.25) is 0 Å². The fourth-order valence-electron chi connectivity index (χ4n) is 5.56. The number of carbonyl (C=O) groups is 2. The number of carbonyl (C=O) groups excluding carboxylic acids is 1. The second-order valence-electron chi connectivity index (χ2n) is 12.9. The number of hydrogen-bond donors (Lipinski definition) is 3. The molecule has 0 bridgehead atoms. The summed E-state index contributed by atoms with van der Waals surface area (Å²) in [7, 11) is -1.66. The van der Waals surface area contributed by atoms with E-state index in [2.05, 4.69) is 30.6 Å². The van der Waals surface area contributed by atoms with Gasteiger partial charge in [0.1, 0.15) is 21.6 Å². The molecule has 3 aromatic rings. The van der Waals surface area contributed by atoms with Crippen LogP contribution in [-0.2, 0) is 30.7 Å². The number of aliphatic carboxylic acids is 1. The Kier molecular flexibility index (Phi) is 18.9. The minimum atomic E-state index is -3.36. The minimum Gasteiger partial charge on any atom is -0.508 e. The third kappa shape index (κ3) is 15.8. The SMILES string of the molecule is C=C/C=C(\C)OC(C)CC.COC[C@@H]1CCCN1Cc1ccc(C(=O)NC(CCS(C)(=O)=O)C(=O)O)c(-c2ccccc2C)c1.Oc1ccccc1. The van der Waals surface area contributed by atoms with Crippen molar-refractivity contribution in [1.82, 2.24) is 10.2 Å². The summed E-state index contributed by atoms with van der Waals surface area (Å²) >= 11 is 0. The summed E-state index contributed by atoms with van der Waals surface area (Å²) in [6.45, 7) is 14.0. The summed E-state index contributed by atoms with van der Waals surface area (Å²) in [6, 6.07) is 21.1. The molecule has 0 saturated carbocycles. The number of carboxylic acids is 1. The molecule has 0 spiro atoms. The van der Waals surface area contributed by atoms with Crippen molar-refractivity contribution < 1.29 is 37.7 Å². The number of carboxylic acid groups (broad SMARTS) is 1. The van der Waals surface area contributed by atoms with Gasteiger partial charge < -0.3 is 25.0 Å². The molecule has 3 atom stereocenters. The lowest BCUT2D eigenvalue weighted by atomic mass is 9.93. The van der Waals surface area contributed by atoms with Crippen LogP contribution in [0, 0.1) is 6.92 Å². The van der Waals surface area contributed by atoms with Gasteiger partial charge in [-0.2, -0.15) is 0 Å². The maximum atomic E-state index is 13.2. The zero-order chi connectivity index (χ0) is 38.7. The Morgan fingerprint density at radius 2 is 1.75 bits per heavy atom. The quantitative estimate of drug-likeness (QED) is 0.109. The van der Waals surface area contributed by atoms with E-state index in [4.69, 9.17) is 14.6 Å². The first kappa shape index (κ1) is 43.7. The Balaban J connectivity index is 0.000000450. The molecule has 10 nitrogen and oxygen atoms in total. The van der Waals surface area contributed by atoms with Crippen molar-refractivity contribution >= 4 is 21.7 Å². The van der Waals surface area contributed by atoms with Gasteiger partial charge in [-0.1, -0.05) is 68.1 Å². The number of methoxy groups -OCH3 is 1. The molecule has 1 aliphatic rings. The van der Waals surface area contributed by atoms with Gasteiger partial charge >= 0.3 is 5.97 Å². The number of ether oxygens (including phenoxy) is 2. The molecule has 3 aromatic carbocycles. The maximum absolute atomic E-state index is 13.2. The van der Waals surface area contributed by atoms with Crippen LogP contribution in [0.15, 0.2) is 97.3 Å². The Labute approximate surface area is 310 Å². The molecule has 0 aromatic heterocycles. The number of nitrogens with zero attached hydrogens (tertiary/aromatic N) is 1. The molecule has 1 saturated heterocycles. The lowest BCUT2D eigenvalue weighted by Gasteiger charge is -2.24. The molecule has 1 aliphatic heterocycles. The van der Waals surface area contributed by atoms with Gasteiger partial charge in [0.25, 0.3) is 5.91 Å². The Bertz CT molecular complexity index is 1710. The van der Waals surface area contributed by atoms with Crippen LogP contribution in [0.3, 0.4) is 0 Å². The number of aromatic hydroxyl groups is 1. The van der Waals surface area contributed by atoms with E-state index in [1.807, 2.05) is 62.4 Å². The van der Waals surface area contributed by atoms with Crippen molar-refractivity contribution in [3.63, 3.8) is 0 Å². The van der Waals surface area contributed by atoms with Gasteiger partial charge in [0, 0.05) is 31.5 Å². The number of sulfone groups is 1. The zero-order valence-corrected chi connectivity index (χ0v) is 32.2. The lowest BCUT2D eigenvalue weighted by Crippen LogP contribution is -2.42. The van der Waals surface area contributed by atoms with Crippen LogP contribution in [0.25, 0.3) is 11.1 Å². The van der Waals surface area contributed by atoms with E-state index in [0.29, 0.717) is 35.6 Å². The van der Waals surface area contributed by atoms with E-state index in [1.165, 1.54) is 0 Å². The number of phenolic OH excluding ortho intramolecular Hbond substituents is 1. The Hall–Kier alpha value is -4.45. The van der Waals surface area contributed by atoms with Crippen LogP contribution in [0.1, 0.15) is 67.9 Å². The molecular weight excluding hydrogens is 681 g/mol. The number of nitrogens with one attached hydrogen (secondary N) is 1. The average molecular weight is 737 g/mol. The Morgan fingerprint density at radius 1 is 1.08 bits per heavy atom. The molecule has 1 fully saturated rings. The largest absolute Gasteiger partial charge is 0.508 e. The van der Waals surface area contributed by atoms with Crippen molar-refractivity contribution in [3.8, 4) is 16.9 Å². The number of hydrogen-bond acceptors (Lipinski definition) is 8. The van der Waals surface area contributed by atoms with Gasteiger partial charge in [0.05, 0.1) is 24.2 Å². The molecule has 3 N–H and O–H groups in total. The molecular formula is C41H56N2O8S. The third-order valence-electron chi connectivity index (χ3n) is 8.46. The number of rotatable bonds is 15. The number of aryl methyl sites for hydroxylation is 1. The van der Waals surface area contributed by atoms with E-state index in [1.54, 1.807) is 43.5 Å². The highest BCUT2D eigenvalue weighted by molar-refractivity contribution is 7.90. The maximum Gasteiger partial charge on any atom is 0.326 e. The number of likely N-dealkylation sites (tertiary alicyclic amines) is 1. The summed E-state index contributed by atoms with van der Waals surface area (Å²) in [4.78, 5) is 27.3. The van der Waals surface area contributed by atoms with Crippen molar-refractivity contribution in [2.45, 2.75) is 78.1 Å². The first-order valence-corrected chi connectivity index (χ1v) is 19.6. The van der Waals surface area contributed by atoms with Gasteiger partial charge in [0.15, 0.2) is 0 Å². The summed E-state index contributed by atoms with van der Waals surface area (Å²) in [6.07, 6.45) is 8.00. The minimum absolute atomic E-state index is 0.201. The summed E-state index contributed by atoms with van der Waals surface area (Å²) in [5.41, 5.74) is 3.99. The van der Waals surface area contributed by atoms with Crippen LogP contribution < -0.4 is 5.32 Å². The predicted octanol–water partition coefficient (Wildman–Crippen LogP) is 7.17. The smallest absolute Gasteiger partial charge is 0.326 e. The van der Waals surface area contributed by atoms with E-state index in [-0.39, 0.29) is 12.2 Å². The third-order valence-corrected chi connectivity index (χ3v) is 9.44. The first-order valence-electron chi connectivity index (χ1n) is 17.5. The number of benzene rings is 3. The lowest BCUT2D eigenvalue weighted by molar-refractivity contribution is -0.139. The molecule has 0 aliphatic carbocycles. The highest BCUT2D eigenvalue weighted by atomic mass is 32.2.